The summed E-state index contributed by atoms with van der Waals surface area (Å²) in [5.74, 6) is 5.33. The van der Waals surface area contributed by atoms with Crippen molar-refractivity contribution in [2.24, 2.45) is 29.6 Å². The minimum absolute atomic E-state index is 1.01. The standard InChI is InChI=1S/C21H25N/c1-2-4-21-20(3-1)16(7-8-22-21)5-6-19-17-10-14-9-15(12-17)13-18(19)11-14/h1-4,7-8,14-15,17-19H,5-6,9-13H2. The molecule has 22 heavy (non-hydrogen) atoms. The lowest BCUT2D eigenvalue weighted by Gasteiger charge is -2.54. The first-order valence-corrected chi connectivity index (χ1v) is 9.19. The van der Waals surface area contributed by atoms with Gasteiger partial charge in [-0.1, -0.05) is 18.2 Å². The Kier molecular flexibility index (Phi) is 3.02. The first-order valence-electron chi connectivity index (χ1n) is 9.19. The van der Waals surface area contributed by atoms with Crippen LogP contribution >= 0.6 is 0 Å². The van der Waals surface area contributed by atoms with Crippen molar-refractivity contribution in [2.45, 2.75) is 44.9 Å². The van der Waals surface area contributed by atoms with Crippen LogP contribution in [-0.4, -0.2) is 4.98 Å². The van der Waals surface area contributed by atoms with Gasteiger partial charge in [0.15, 0.2) is 0 Å². The van der Waals surface area contributed by atoms with Crippen LogP contribution in [0.5, 0.6) is 0 Å². The zero-order chi connectivity index (χ0) is 14.5. The SMILES string of the molecule is c1ccc2c(CCC3C4CC5CC(C4)CC3C5)ccnc2c1. The van der Waals surface area contributed by atoms with E-state index >= 15 is 0 Å². The number of hydrogen-bond acceptors (Lipinski definition) is 1. The van der Waals surface area contributed by atoms with Gasteiger partial charge in [-0.3, -0.25) is 4.98 Å². The molecule has 0 amide bonds. The quantitative estimate of drug-likeness (QED) is 0.753. The molecule has 1 heteroatoms. The molecule has 1 aromatic carbocycles. The van der Waals surface area contributed by atoms with Crippen molar-refractivity contribution in [3.05, 3.63) is 42.1 Å². The zero-order valence-corrected chi connectivity index (χ0v) is 13.2. The summed E-state index contributed by atoms with van der Waals surface area (Å²) in [5.41, 5.74) is 2.67. The number of para-hydroxylation sites is 1. The average molecular weight is 291 g/mol. The lowest BCUT2D eigenvalue weighted by Crippen LogP contribution is -2.45. The van der Waals surface area contributed by atoms with Crippen molar-refractivity contribution in [3.8, 4) is 0 Å². The molecule has 1 aromatic heterocycles. The predicted molar refractivity (Wildman–Crippen MR) is 90.6 cm³/mol. The summed E-state index contributed by atoms with van der Waals surface area (Å²) in [5, 5.41) is 1.37. The van der Waals surface area contributed by atoms with E-state index in [4.69, 9.17) is 0 Å². The fourth-order valence-electron chi connectivity index (χ4n) is 6.20. The highest BCUT2D eigenvalue weighted by atomic mass is 14.6. The van der Waals surface area contributed by atoms with Crippen LogP contribution in [0, 0.1) is 29.6 Å². The molecular formula is C21H25N. The van der Waals surface area contributed by atoms with E-state index in [0.717, 1.165) is 35.1 Å². The highest BCUT2D eigenvalue weighted by Gasteiger charge is 2.47. The van der Waals surface area contributed by atoms with Gasteiger partial charge < -0.3 is 0 Å². The molecule has 1 nitrogen and oxygen atoms in total. The van der Waals surface area contributed by atoms with Crippen molar-refractivity contribution in [3.63, 3.8) is 0 Å². The summed E-state index contributed by atoms with van der Waals surface area (Å²) in [4.78, 5) is 4.51. The van der Waals surface area contributed by atoms with E-state index in [1.165, 1.54) is 23.8 Å². The Labute approximate surface area is 133 Å². The fraction of sp³-hybridized carbons (Fsp3) is 0.571. The van der Waals surface area contributed by atoms with E-state index in [-0.39, 0.29) is 0 Å². The van der Waals surface area contributed by atoms with Gasteiger partial charge in [0.25, 0.3) is 0 Å². The molecule has 0 saturated heterocycles. The van der Waals surface area contributed by atoms with Crippen LogP contribution < -0.4 is 0 Å². The van der Waals surface area contributed by atoms with E-state index < -0.39 is 0 Å². The van der Waals surface area contributed by atoms with Crippen molar-refractivity contribution in [1.29, 1.82) is 0 Å². The second-order valence-corrected chi connectivity index (χ2v) is 8.12. The molecule has 6 rings (SSSR count). The molecule has 4 saturated carbocycles. The Balaban J connectivity index is 1.36. The summed E-state index contributed by atoms with van der Waals surface area (Å²) in [7, 11) is 0. The molecule has 0 aliphatic heterocycles. The summed E-state index contributed by atoms with van der Waals surface area (Å²) in [6.45, 7) is 0. The molecule has 4 aliphatic carbocycles. The minimum atomic E-state index is 1.01. The number of rotatable bonds is 3. The summed E-state index contributed by atoms with van der Waals surface area (Å²) in [6, 6.07) is 10.9. The van der Waals surface area contributed by atoms with Gasteiger partial charge in [0.05, 0.1) is 5.52 Å². The molecule has 2 aromatic rings. The highest BCUT2D eigenvalue weighted by molar-refractivity contribution is 5.81. The molecule has 4 aliphatic rings. The number of hydrogen-bond donors (Lipinski definition) is 0. The smallest absolute Gasteiger partial charge is 0.0704 e. The summed E-state index contributed by atoms with van der Waals surface area (Å²) < 4.78 is 0. The first-order chi connectivity index (χ1) is 10.9. The maximum atomic E-state index is 4.51. The van der Waals surface area contributed by atoms with Crippen molar-refractivity contribution < 1.29 is 0 Å². The van der Waals surface area contributed by atoms with Crippen LogP contribution in [0.3, 0.4) is 0 Å². The predicted octanol–water partition coefficient (Wildman–Crippen LogP) is 5.24. The molecule has 0 atom stereocenters. The average Bonchev–Trinajstić information content (AvgIpc) is 2.54. The summed E-state index contributed by atoms with van der Waals surface area (Å²) >= 11 is 0. The highest BCUT2D eigenvalue weighted by Crippen LogP contribution is 2.57. The van der Waals surface area contributed by atoms with E-state index in [1.807, 2.05) is 6.20 Å². The van der Waals surface area contributed by atoms with E-state index in [1.54, 1.807) is 32.1 Å². The molecule has 1 heterocycles. The molecular weight excluding hydrogens is 266 g/mol. The minimum Gasteiger partial charge on any atom is -0.256 e. The molecule has 0 N–H and O–H groups in total. The van der Waals surface area contributed by atoms with Gasteiger partial charge in [-0.2, -0.15) is 0 Å². The van der Waals surface area contributed by atoms with E-state index in [0.29, 0.717) is 0 Å². The van der Waals surface area contributed by atoms with Crippen LogP contribution in [0.1, 0.15) is 44.1 Å². The number of pyridine rings is 1. The first kappa shape index (κ1) is 13.1. The van der Waals surface area contributed by atoms with Crippen LogP contribution in [0.4, 0.5) is 0 Å². The largest absolute Gasteiger partial charge is 0.256 e. The molecule has 114 valence electrons. The third-order valence-electron chi connectivity index (χ3n) is 6.91. The number of fused-ring (bicyclic) bond motifs is 1. The molecule has 4 bridgehead atoms. The van der Waals surface area contributed by atoms with Gasteiger partial charge in [-0.25, -0.2) is 0 Å². The van der Waals surface area contributed by atoms with Crippen LogP contribution in [0.15, 0.2) is 36.5 Å². The topological polar surface area (TPSA) is 12.9 Å². The van der Waals surface area contributed by atoms with E-state index in [9.17, 15) is 0 Å². The van der Waals surface area contributed by atoms with Gasteiger partial charge in [-0.15, -0.1) is 0 Å². The zero-order valence-electron chi connectivity index (χ0n) is 13.2. The molecule has 4 fully saturated rings. The monoisotopic (exact) mass is 291 g/mol. The molecule has 0 spiro atoms. The van der Waals surface area contributed by atoms with Crippen molar-refractivity contribution in [1.82, 2.24) is 4.98 Å². The second-order valence-electron chi connectivity index (χ2n) is 8.12. The fourth-order valence-corrected chi connectivity index (χ4v) is 6.20. The van der Waals surface area contributed by atoms with E-state index in [2.05, 4.69) is 35.3 Å². The number of aromatic nitrogens is 1. The summed E-state index contributed by atoms with van der Waals surface area (Å²) in [6.07, 6.45) is 12.4. The van der Waals surface area contributed by atoms with Gasteiger partial charge in [0.2, 0.25) is 0 Å². The lowest BCUT2D eigenvalue weighted by atomic mass is 9.51. The van der Waals surface area contributed by atoms with Gasteiger partial charge in [0, 0.05) is 11.6 Å². The lowest BCUT2D eigenvalue weighted by molar-refractivity contribution is -0.0393. The second kappa shape index (κ2) is 5.08. The third-order valence-corrected chi connectivity index (χ3v) is 6.91. The maximum Gasteiger partial charge on any atom is 0.0704 e. The number of benzene rings is 1. The van der Waals surface area contributed by atoms with Gasteiger partial charge in [0.1, 0.15) is 0 Å². The Morgan fingerprint density at radius 1 is 0.864 bits per heavy atom. The normalized spacial score (nSPS) is 36.1. The Hall–Kier alpha value is -1.37. The van der Waals surface area contributed by atoms with Gasteiger partial charge >= 0.3 is 0 Å². The van der Waals surface area contributed by atoms with Crippen LogP contribution in [-0.2, 0) is 6.42 Å². The number of nitrogens with zero attached hydrogens (tertiary/aromatic N) is 1. The van der Waals surface area contributed by atoms with Crippen molar-refractivity contribution in [2.75, 3.05) is 0 Å². The Morgan fingerprint density at radius 3 is 2.36 bits per heavy atom. The van der Waals surface area contributed by atoms with Gasteiger partial charge in [-0.05, 0) is 92.2 Å². The number of aryl methyl sites for hydroxylation is 1. The van der Waals surface area contributed by atoms with Crippen molar-refractivity contribution >= 4 is 10.9 Å². The molecule has 0 unspecified atom stereocenters. The Morgan fingerprint density at radius 2 is 1.59 bits per heavy atom. The Bertz CT molecular complexity index is 656. The van der Waals surface area contributed by atoms with Crippen LogP contribution in [0.25, 0.3) is 10.9 Å². The molecule has 0 radical (unpaired) electrons. The van der Waals surface area contributed by atoms with Crippen LogP contribution in [0.2, 0.25) is 0 Å². The third kappa shape index (κ3) is 2.09. The maximum absolute atomic E-state index is 4.51.